The average Bonchev–Trinajstić information content (AvgIpc) is 2.74. The number of esters is 1. The summed E-state index contributed by atoms with van der Waals surface area (Å²) in [5.41, 5.74) is 1.31. The van der Waals surface area contributed by atoms with E-state index in [4.69, 9.17) is 4.74 Å². The van der Waals surface area contributed by atoms with Gasteiger partial charge in [-0.2, -0.15) is 4.31 Å². The van der Waals surface area contributed by atoms with Crippen LogP contribution in [0, 0.1) is 0 Å². The third-order valence-corrected chi connectivity index (χ3v) is 6.50. The summed E-state index contributed by atoms with van der Waals surface area (Å²) in [7, 11) is -2.41. The Bertz CT molecular complexity index is 914. The summed E-state index contributed by atoms with van der Waals surface area (Å²) in [6, 6.07) is 5.97. The van der Waals surface area contributed by atoms with E-state index in [9.17, 15) is 13.2 Å². The fraction of sp³-hybridized carbons (Fsp3) is 0.421. The van der Waals surface area contributed by atoms with Gasteiger partial charge < -0.3 is 9.47 Å². The number of rotatable bonds is 6. The Balaban J connectivity index is 1.70. The van der Waals surface area contributed by atoms with Crippen LogP contribution in [0.3, 0.4) is 0 Å². The van der Waals surface area contributed by atoms with E-state index >= 15 is 0 Å². The number of sulfonamides is 1. The second-order valence-electron chi connectivity index (χ2n) is 6.49. The van der Waals surface area contributed by atoms with Crippen molar-refractivity contribution >= 4 is 16.0 Å². The van der Waals surface area contributed by atoms with Crippen molar-refractivity contribution in [3.8, 4) is 6.01 Å². The fourth-order valence-corrected chi connectivity index (χ4v) is 4.49. The Morgan fingerprint density at radius 2 is 1.89 bits per heavy atom. The first kappa shape index (κ1) is 20.2. The molecule has 1 aromatic heterocycles. The molecule has 1 atom stereocenters. The molecule has 1 aromatic carbocycles. The van der Waals surface area contributed by atoms with E-state index in [2.05, 4.69) is 14.7 Å². The Morgan fingerprint density at radius 3 is 2.50 bits per heavy atom. The predicted molar refractivity (Wildman–Crippen MR) is 102 cm³/mol. The van der Waals surface area contributed by atoms with Crippen molar-refractivity contribution in [2.45, 2.75) is 37.2 Å². The quantitative estimate of drug-likeness (QED) is 0.678. The summed E-state index contributed by atoms with van der Waals surface area (Å²) in [5.74, 6) is -0.510. The third kappa shape index (κ3) is 4.48. The normalized spacial score (nSPS) is 17.9. The molecule has 1 aliphatic heterocycles. The molecular formula is C19H23N3O5S. The van der Waals surface area contributed by atoms with E-state index in [0.717, 1.165) is 18.4 Å². The Labute approximate surface area is 164 Å². The molecule has 0 radical (unpaired) electrons. The highest BCUT2D eigenvalue weighted by Gasteiger charge is 2.31. The maximum Gasteiger partial charge on any atom is 0.337 e. The zero-order valence-corrected chi connectivity index (χ0v) is 16.7. The Morgan fingerprint density at radius 1 is 1.21 bits per heavy atom. The number of hydrogen-bond acceptors (Lipinski definition) is 7. The van der Waals surface area contributed by atoms with Gasteiger partial charge in [-0.15, -0.1) is 0 Å². The number of carbonyl (C=O) groups excluding carboxylic acids is 1. The molecule has 0 N–H and O–H groups in total. The van der Waals surface area contributed by atoms with Crippen molar-refractivity contribution in [3.63, 3.8) is 0 Å². The zero-order chi connectivity index (χ0) is 20.1. The summed E-state index contributed by atoms with van der Waals surface area (Å²) >= 11 is 0. The van der Waals surface area contributed by atoms with Gasteiger partial charge in [0.15, 0.2) is 0 Å². The molecule has 0 aliphatic carbocycles. The van der Waals surface area contributed by atoms with Gasteiger partial charge in [-0.25, -0.2) is 23.2 Å². The number of methoxy groups -OCH3 is 1. The summed E-state index contributed by atoms with van der Waals surface area (Å²) < 4.78 is 37.7. The van der Waals surface area contributed by atoms with E-state index in [1.807, 2.05) is 6.92 Å². The molecule has 1 aliphatic rings. The number of ether oxygens (including phenoxy) is 2. The van der Waals surface area contributed by atoms with Crippen molar-refractivity contribution in [2.24, 2.45) is 0 Å². The van der Waals surface area contributed by atoms with Gasteiger partial charge >= 0.3 is 12.0 Å². The van der Waals surface area contributed by atoms with Crippen molar-refractivity contribution < 1.29 is 22.7 Å². The van der Waals surface area contributed by atoms with Gasteiger partial charge in [0, 0.05) is 18.9 Å². The highest BCUT2D eigenvalue weighted by Crippen LogP contribution is 2.23. The van der Waals surface area contributed by atoms with E-state index in [1.165, 1.54) is 35.7 Å². The molecule has 150 valence electrons. The molecule has 1 unspecified atom stereocenters. The minimum absolute atomic E-state index is 0.129. The van der Waals surface area contributed by atoms with Crippen LogP contribution in [-0.2, 0) is 21.2 Å². The molecule has 3 rings (SSSR count). The van der Waals surface area contributed by atoms with E-state index < -0.39 is 16.0 Å². The fourth-order valence-electron chi connectivity index (χ4n) is 2.98. The van der Waals surface area contributed by atoms with Gasteiger partial charge in [0.2, 0.25) is 10.0 Å². The molecule has 0 amide bonds. The number of benzene rings is 1. The van der Waals surface area contributed by atoms with Crippen LogP contribution < -0.4 is 4.74 Å². The lowest BCUT2D eigenvalue weighted by Crippen LogP contribution is -2.44. The molecule has 0 bridgehead atoms. The molecule has 2 heterocycles. The largest absolute Gasteiger partial charge is 0.465 e. The van der Waals surface area contributed by atoms with Gasteiger partial charge in [0.1, 0.15) is 6.10 Å². The number of aromatic nitrogens is 2. The molecule has 1 saturated heterocycles. The van der Waals surface area contributed by atoms with Crippen LogP contribution in [0.1, 0.15) is 35.7 Å². The standard InChI is InChI=1S/C19H23N3O5S/c1-3-14-11-20-19(21-12-14)27-16-5-4-10-22(13-16)28(24,25)17-8-6-15(7-9-17)18(23)26-2/h6-9,11-12,16H,3-5,10,13H2,1-2H3. The molecule has 8 nitrogen and oxygen atoms in total. The lowest BCUT2D eigenvalue weighted by Gasteiger charge is -2.31. The van der Waals surface area contributed by atoms with Crippen molar-refractivity contribution in [3.05, 3.63) is 47.8 Å². The van der Waals surface area contributed by atoms with Gasteiger partial charge in [-0.05, 0) is 49.1 Å². The number of aryl methyl sites for hydroxylation is 1. The number of hydrogen-bond donors (Lipinski definition) is 0. The van der Waals surface area contributed by atoms with Gasteiger partial charge in [-0.1, -0.05) is 6.92 Å². The highest BCUT2D eigenvalue weighted by atomic mass is 32.2. The molecular weight excluding hydrogens is 382 g/mol. The van der Waals surface area contributed by atoms with Crippen LogP contribution in [0.25, 0.3) is 0 Å². The van der Waals surface area contributed by atoms with E-state index in [1.54, 1.807) is 12.4 Å². The average molecular weight is 405 g/mol. The van der Waals surface area contributed by atoms with Crippen LogP contribution >= 0.6 is 0 Å². The molecule has 2 aromatic rings. The van der Waals surface area contributed by atoms with Crippen LogP contribution in [0.15, 0.2) is 41.6 Å². The SMILES string of the molecule is CCc1cnc(OC2CCCN(S(=O)(=O)c3ccc(C(=O)OC)cc3)C2)nc1. The number of nitrogens with zero attached hydrogens (tertiary/aromatic N) is 3. The number of piperidine rings is 1. The molecule has 9 heteroatoms. The topological polar surface area (TPSA) is 98.7 Å². The van der Waals surface area contributed by atoms with Crippen LogP contribution in [0.2, 0.25) is 0 Å². The molecule has 0 spiro atoms. The highest BCUT2D eigenvalue weighted by molar-refractivity contribution is 7.89. The zero-order valence-electron chi connectivity index (χ0n) is 15.9. The van der Waals surface area contributed by atoms with Crippen molar-refractivity contribution in [1.29, 1.82) is 0 Å². The van der Waals surface area contributed by atoms with E-state index in [-0.39, 0.29) is 23.6 Å². The van der Waals surface area contributed by atoms with E-state index in [0.29, 0.717) is 18.5 Å². The van der Waals surface area contributed by atoms with Crippen molar-refractivity contribution in [2.75, 3.05) is 20.2 Å². The first-order chi connectivity index (χ1) is 13.4. The number of carbonyl (C=O) groups is 1. The minimum atomic E-state index is -3.69. The lowest BCUT2D eigenvalue weighted by molar-refractivity contribution is 0.0600. The summed E-state index contributed by atoms with van der Waals surface area (Å²) in [5, 5.41) is 0. The van der Waals surface area contributed by atoms with Crippen LogP contribution in [0.5, 0.6) is 6.01 Å². The van der Waals surface area contributed by atoms with Crippen molar-refractivity contribution in [1.82, 2.24) is 14.3 Å². The molecule has 28 heavy (non-hydrogen) atoms. The molecule has 0 saturated carbocycles. The predicted octanol–water partition coefficient (Wildman–Crippen LogP) is 2.06. The monoisotopic (exact) mass is 405 g/mol. The summed E-state index contributed by atoms with van der Waals surface area (Å²) in [6.45, 7) is 2.65. The van der Waals surface area contributed by atoms with Gasteiger partial charge in [0.25, 0.3) is 0 Å². The lowest BCUT2D eigenvalue weighted by atomic mass is 10.1. The Hall–Kier alpha value is -2.52. The smallest absolute Gasteiger partial charge is 0.337 e. The minimum Gasteiger partial charge on any atom is -0.465 e. The summed E-state index contributed by atoms with van der Waals surface area (Å²) in [6.07, 6.45) is 5.35. The van der Waals surface area contributed by atoms with Gasteiger partial charge in [0.05, 0.1) is 24.1 Å². The molecule has 1 fully saturated rings. The second-order valence-corrected chi connectivity index (χ2v) is 8.43. The Kier molecular flexibility index (Phi) is 6.25. The second kappa shape index (κ2) is 8.66. The summed E-state index contributed by atoms with van der Waals surface area (Å²) in [4.78, 5) is 20.0. The van der Waals surface area contributed by atoms with Gasteiger partial charge in [-0.3, -0.25) is 0 Å². The first-order valence-corrected chi connectivity index (χ1v) is 10.5. The van der Waals surface area contributed by atoms with Crippen LogP contribution in [0.4, 0.5) is 0 Å². The third-order valence-electron chi connectivity index (χ3n) is 4.62. The van der Waals surface area contributed by atoms with Crippen LogP contribution in [-0.4, -0.2) is 55.0 Å². The maximum atomic E-state index is 12.9. The first-order valence-electron chi connectivity index (χ1n) is 9.10. The maximum absolute atomic E-state index is 12.9.